The van der Waals surface area contributed by atoms with Crippen molar-refractivity contribution in [3.63, 3.8) is 0 Å². The number of nitrogen functional groups attached to an aromatic ring is 1. The third-order valence-electron chi connectivity index (χ3n) is 6.34. The van der Waals surface area contributed by atoms with Crippen molar-refractivity contribution < 1.29 is 23.1 Å². The van der Waals surface area contributed by atoms with E-state index in [0.29, 0.717) is 15.3 Å². The number of pyridine rings is 1. The summed E-state index contributed by atoms with van der Waals surface area (Å²) < 4.78 is 43.1. The average molecular weight is 582 g/mol. The average Bonchev–Trinajstić information content (AvgIpc) is 2.99. The maximum Gasteiger partial charge on any atom is 0.408 e. The lowest BCUT2D eigenvalue weighted by molar-refractivity contribution is -0.172. The Hall–Kier alpha value is -2.92. The van der Waals surface area contributed by atoms with Crippen molar-refractivity contribution in [2.75, 3.05) is 12.4 Å². The predicted octanol–water partition coefficient (Wildman–Crippen LogP) is 5.25. The van der Waals surface area contributed by atoms with Gasteiger partial charge < -0.3 is 15.8 Å². The number of benzene rings is 2. The first-order chi connectivity index (χ1) is 17.0. The summed E-state index contributed by atoms with van der Waals surface area (Å²) in [7, 11) is 0. The molecule has 36 heavy (non-hydrogen) atoms. The molecule has 0 unspecified atom stereocenters. The molecular formula is C25H23BrF3N3O3S. The van der Waals surface area contributed by atoms with Crippen molar-refractivity contribution in [1.29, 1.82) is 0 Å². The molecule has 0 fully saturated rings. The molecule has 2 aromatic carbocycles. The van der Waals surface area contributed by atoms with Gasteiger partial charge in [-0.25, -0.2) is 0 Å². The smallest absolute Gasteiger partial charge is 0.408 e. The summed E-state index contributed by atoms with van der Waals surface area (Å²) in [6.45, 7) is 0.573. The summed E-state index contributed by atoms with van der Waals surface area (Å²) in [5.41, 5.74) is 1.36. The SMILES string of the molecule is C[C@@H](N(CC[C@@H]1c2ccccc2SCc2cccc(Br)c21)C(=O)c1c(O)c(=O)ccn1N)C(F)(F)F. The van der Waals surface area contributed by atoms with E-state index in [1.807, 2.05) is 42.5 Å². The zero-order chi connectivity index (χ0) is 26.2. The highest BCUT2D eigenvalue weighted by molar-refractivity contribution is 9.10. The number of aromatic hydroxyl groups is 1. The van der Waals surface area contributed by atoms with Crippen molar-refractivity contribution in [1.82, 2.24) is 9.58 Å². The van der Waals surface area contributed by atoms with E-state index in [4.69, 9.17) is 5.84 Å². The molecule has 3 aromatic rings. The molecule has 0 saturated heterocycles. The standard InChI is InChI=1S/C25H23BrF3N3O3S/c1-14(25(27,28)29)31(24(35)22-23(34)19(33)10-12-32(22)30)11-9-17-16-6-2-3-8-20(16)36-13-15-5-4-7-18(26)21(15)17/h2-8,10,12,14,17,34H,9,11,13,30H2,1H3/t14-,17-/m1/s1. The molecule has 1 aliphatic heterocycles. The topological polar surface area (TPSA) is 88.6 Å². The lowest BCUT2D eigenvalue weighted by Crippen LogP contribution is -2.49. The molecule has 2 atom stereocenters. The summed E-state index contributed by atoms with van der Waals surface area (Å²) >= 11 is 5.26. The van der Waals surface area contributed by atoms with Crippen molar-refractivity contribution in [3.8, 4) is 5.75 Å². The van der Waals surface area contributed by atoms with E-state index in [0.717, 1.165) is 45.2 Å². The van der Waals surface area contributed by atoms with Crippen LogP contribution in [0.15, 0.2) is 68.9 Å². The zero-order valence-electron chi connectivity index (χ0n) is 19.1. The van der Waals surface area contributed by atoms with Crippen LogP contribution in [0, 0.1) is 0 Å². The van der Waals surface area contributed by atoms with E-state index in [-0.39, 0.29) is 18.9 Å². The van der Waals surface area contributed by atoms with Gasteiger partial charge in [0.1, 0.15) is 6.04 Å². The Balaban J connectivity index is 1.77. The maximum atomic E-state index is 13.9. The second kappa shape index (κ2) is 10.2. The number of rotatable bonds is 5. The fraction of sp³-hybridized carbons (Fsp3) is 0.280. The summed E-state index contributed by atoms with van der Waals surface area (Å²) in [6.07, 6.45) is -3.55. The summed E-state index contributed by atoms with van der Waals surface area (Å²) in [6, 6.07) is 12.2. The number of fused-ring (bicyclic) bond motifs is 2. The van der Waals surface area contributed by atoms with E-state index in [1.54, 1.807) is 11.8 Å². The van der Waals surface area contributed by atoms with Crippen molar-refractivity contribution in [3.05, 3.63) is 91.8 Å². The van der Waals surface area contributed by atoms with Crippen LogP contribution < -0.4 is 11.3 Å². The van der Waals surface area contributed by atoms with Gasteiger partial charge in [-0.2, -0.15) is 13.2 Å². The molecular weight excluding hydrogens is 559 g/mol. The first-order valence-electron chi connectivity index (χ1n) is 11.1. The van der Waals surface area contributed by atoms with Gasteiger partial charge in [0.05, 0.1) is 0 Å². The van der Waals surface area contributed by atoms with Gasteiger partial charge in [-0.05, 0) is 42.2 Å². The number of hydrogen-bond donors (Lipinski definition) is 2. The number of alkyl halides is 3. The Labute approximate surface area is 218 Å². The van der Waals surface area contributed by atoms with Gasteiger partial charge in [-0.3, -0.25) is 14.3 Å². The van der Waals surface area contributed by atoms with Crippen LogP contribution >= 0.6 is 27.7 Å². The highest BCUT2D eigenvalue weighted by Gasteiger charge is 2.43. The molecule has 0 bridgehead atoms. The third kappa shape index (κ3) is 4.99. The Kier molecular flexibility index (Phi) is 7.42. The molecule has 3 N–H and O–H groups in total. The number of halogens is 4. The molecule has 0 radical (unpaired) electrons. The van der Waals surface area contributed by atoms with Crippen LogP contribution in [0.4, 0.5) is 13.2 Å². The quantitative estimate of drug-likeness (QED) is 0.402. The highest BCUT2D eigenvalue weighted by Crippen LogP contribution is 2.45. The van der Waals surface area contributed by atoms with E-state index in [9.17, 15) is 27.9 Å². The van der Waals surface area contributed by atoms with Crippen LogP contribution in [0.5, 0.6) is 5.75 Å². The molecule has 1 aromatic heterocycles. The lowest BCUT2D eigenvalue weighted by Gasteiger charge is -2.33. The van der Waals surface area contributed by atoms with E-state index in [1.165, 1.54) is 0 Å². The molecule has 0 spiro atoms. The van der Waals surface area contributed by atoms with Crippen LogP contribution in [-0.2, 0) is 5.75 Å². The Morgan fingerprint density at radius 2 is 1.97 bits per heavy atom. The predicted molar refractivity (Wildman–Crippen MR) is 136 cm³/mol. The van der Waals surface area contributed by atoms with Crippen LogP contribution in [0.3, 0.4) is 0 Å². The van der Waals surface area contributed by atoms with Gasteiger partial charge in [0.2, 0.25) is 5.43 Å². The molecule has 11 heteroatoms. The van der Waals surface area contributed by atoms with Gasteiger partial charge in [0.25, 0.3) is 5.91 Å². The Morgan fingerprint density at radius 1 is 1.25 bits per heavy atom. The van der Waals surface area contributed by atoms with Gasteiger partial charge in [-0.1, -0.05) is 46.3 Å². The van der Waals surface area contributed by atoms with E-state index >= 15 is 0 Å². The monoisotopic (exact) mass is 581 g/mol. The number of nitrogens with two attached hydrogens (primary N) is 1. The van der Waals surface area contributed by atoms with Crippen molar-refractivity contribution in [2.45, 2.75) is 42.1 Å². The molecule has 1 aliphatic rings. The van der Waals surface area contributed by atoms with Crippen LogP contribution in [0.25, 0.3) is 0 Å². The van der Waals surface area contributed by atoms with E-state index in [2.05, 4.69) is 15.9 Å². The molecule has 1 amide bonds. The minimum absolute atomic E-state index is 0.168. The van der Waals surface area contributed by atoms with E-state index < -0.39 is 35.0 Å². The van der Waals surface area contributed by atoms with Gasteiger partial charge in [-0.15, -0.1) is 11.8 Å². The molecule has 2 heterocycles. The van der Waals surface area contributed by atoms with Gasteiger partial charge in [0.15, 0.2) is 11.4 Å². The molecule has 6 nitrogen and oxygen atoms in total. The number of thioether (sulfide) groups is 1. The Morgan fingerprint density at radius 3 is 2.69 bits per heavy atom. The fourth-order valence-corrected chi connectivity index (χ4v) is 6.21. The second-order valence-corrected chi connectivity index (χ2v) is 10.4. The van der Waals surface area contributed by atoms with Gasteiger partial charge in [0, 0.05) is 39.8 Å². The number of amides is 1. The van der Waals surface area contributed by atoms with Crippen LogP contribution in [-0.4, -0.2) is 39.4 Å². The number of aromatic nitrogens is 1. The van der Waals surface area contributed by atoms with Crippen LogP contribution in [0.1, 0.15) is 46.4 Å². The molecule has 190 valence electrons. The third-order valence-corrected chi connectivity index (χ3v) is 8.16. The second-order valence-electron chi connectivity index (χ2n) is 8.48. The normalized spacial score (nSPS) is 16.0. The number of carbonyl (C=O) groups is 1. The number of carbonyl (C=O) groups excluding carboxylic acids is 1. The largest absolute Gasteiger partial charge is 0.502 e. The number of nitrogens with zero attached hydrogens (tertiary/aromatic N) is 2. The van der Waals surface area contributed by atoms with Gasteiger partial charge >= 0.3 is 6.18 Å². The van der Waals surface area contributed by atoms with Crippen LogP contribution in [0.2, 0.25) is 0 Å². The summed E-state index contributed by atoms with van der Waals surface area (Å²) in [5, 5.41) is 10.2. The summed E-state index contributed by atoms with van der Waals surface area (Å²) in [5.74, 6) is 3.94. The Bertz CT molecular complexity index is 1360. The first-order valence-corrected chi connectivity index (χ1v) is 12.8. The molecule has 0 saturated carbocycles. The fourth-order valence-electron chi connectivity index (χ4n) is 4.41. The maximum absolute atomic E-state index is 13.9. The van der Waals surface area contributed by atoms with Crippen molar-refractivity contribution >= 4 is 33.6 Å². The molecule has 4 rings (SSSR count). The minimum Gasteiger partial charge on any atom is -0.502 e. The lowest BCUT2D eigenvalue weighted by atomic mass is 9.86. The number of hydrogen-bond acceptors (Lipinski definition) is 5. The molecule has 0 aliphatic carbocycles. The van der Waals surface area contributed by atoms with Crippen molar-refractivity contribution in [2.24, 2.45) is 0 Å². The minimum atomic E-state index is -4.74. The first kappa shape index (κ1) is 26.2. The summed E-state index contributed by atoms with van der Waals surface area (Å²) in [4.78, 5) is 26.9. The highest BCUT2D eigenvalue weighted by atomic mass is 79.9. The zero-order valence-corrected chi connectivity index (χ0v) is 21.5.